The number of hydrogen-bond acceptors (Lipinski definition) is 2. The van der Waals surface area contributed by atoms with Crippen LogP contribution < -0.4 is 5.32 Å². The second-order valence-corrected chi connectivity index (χ2v) is 6.74. The molecule has 0 spiro atoms. The Morgan fingerprint density at radius 2 is 1.88 bits per heavy atom. The molecule has 1 aliphatic heterocycles. The minimum Gasteiger partial charge on any atom is -0.311 e. The molecule has 1 saturated carbocycles. The van der Waals surface area contributed by atoms with Crippen LogP contribution in [0.1, 0.15) is 47.5 Å². The van der Waals surface area contributed by atoms with Gasteiger partial charge in [0.25, 0.3) is 0 Å². The molecule has 17 heavy (non-hydrogen) atoms. The van der Waals surface area contributed by atoms with Gasteiger partial charge in [-0.25, -0.2) is 0 Å². The van der Waals surface area contributed by atoms with Crippen molar-refractivity contribution >= 4 is 0 Å². The van der Waals surface area contributed by atoms with Crippen molar-refractivity contribution in [2.24, 2.45) is 17.8 Å². The molecule has 2 nitrogen and oxygen atoms in total. The third-order valence-electron chi connectivity index (χ3n) is 4.83. The molecule has 1 N–H and O–H groups in total. The van der Waals surface area contributed by atoms with E-state index < -0.39 is 0 Å². The summed E-state index contributed by atoms with van der Waals surface area (Å²) in [5.74, 6) is 2.51. The van der Waals surface area contributed by atoms with Gasteiger partial charge in [0.1, 0.15) is 0 Å². The van der Waals surface area contributed by atoms with Crippen LogP contribution in [0.5, 0.6) is 0 Å². The molecular formula is C15H30N2. The summed E-state index contributed by atoms with van der Waals surface area (Å²) in [5, 5.41) is 3.75. The lowest BCUT2D eigenvalue weighted by Crippen LogP contribution is -2.60. The van der Waals surface area contributed by atoms with Crippen molar-refractivity contribution in [3.05, 3.63) is 0 Å². The van der Waals surface area contributed by atoms with Crippen LogP contribution in [0.3, 0.4) is 0 Å². The smallest absolute Gasteiger partial charge is 0.0247 e. The minimum atomic E-state index is 0.697. The molecule has 0 amide bonds. The number of nitrogens with one attached hydrogen (secondary N) is 1. The Balaban J connectivity index is 2.00. The molecule has 0 radical (unpaired) electrons. The van der Waals surface area contributed by atoms with Crippen molar-refractivity contribution in [2.45, 2.75) is 65.6 Å². The highest BCUT2D eigenvalue weighted by atomic mass is 15.3. The first-order valence-electron chi connectivity index (χ1n) is 7.53. The fraction of sp³-hybridized carbons (Fsp3) is 1.00. The summed E-state index contributed by atoms with van der Waals surface area (Å²) >= 11 is 0. The summed E-state index contributed by atoms with van der Waals surface area (Å²) in [6.45, 7) is 14.2. The summed E-state index contributed by atoms with van der Waals surface area (Å²) in [5.41, 5.74) is 0. The van der Waals surface area contributed by atoms with Crippen molar-refractivity contribution in [1.29, 1.82) is 0 Å². The van der Waals surface area contributed by atoms with E-state index in [1.54, 1.807) is 0 Å². The fourth-order valence-corrected chi connectivity index (χ4v) is 3.34. The molecule has 2 fully saturated rings. The zero-order chi connectivity index (χ0) is 12.6. The normalized spacial score (nSPS) is 39.0. The van der Waals surface area contributed by atoms with Crippen molar-refractivity contribution in [3.63, 3.8) is 0 Å². The van der Waals surface area contributed by atoms with Gasteiger partial charge in [-0.05, 0) is 24.2 Å². The van der Waals surface area contributed by atoms with Crippen LogP contribution in [0.4, 0.5) is 0 Å². The third kappa shape index (κ3) is 2.85. The van der Waals surface area contributed by atoms with Gasteiger partial charge in [-0.3, -0.25) is 4.90 Å². The predicted octanol–water partition coefficient (Wildman–Crippen LogP) is 2.74. The molecule has 0 aromatic heterocycles. The average Bonchev–Trinajstić information content (AvgIpc) is 3.07. The standard InChI is InChI=1S/C15H30N2/c1-6-12-7-14(12)17-9-13(10(2)3)16-8-15(17)11(4)5/h10-16H,6-9H2,1-5H3. The van der Waals surface area contributed by atoms with Gasteiger partial charge in [0.15, 0.2) is 0 Å². The number of piperazine rings is 1. The first-order valence-corrected chi connectivity index (χ1v) is 7.53. The largest absolute Gasteiger partial charge is 0.311 e. The van der Waals surface area contributed by atoms with Gasteiger partial charge < -0.3 is 5.32 Å². The maximum atomic E-state index is 3.75. The Morgan fingerprint density at radius 1 is 1.18 bits per heavy atom. The van der Waals surface area contributed by atoms with Gasteiger partial charge in [0.05, 0.1) is 0 Å². The Labute approximate surface area is 107 Å². The second-order valence-electron chi connectivity index (χ2n) is 6.74. The van der Waals surface area contributed by atoms with Gasteiger partial charge in [-0.2, -0.15) is 0 Å². The molecule has 4 atom stereocenters. The van der Waals surface area contributed by atoms with E-state index in [2.05, 4.69) is 44.8 Å². The average molecular weight is 238 g/mol. The highest BCUT2D eigenvalue weighted by Crippen LogP contribution is 2.41. The van der Waals surface area contributed by atoms with E-state index in [4.69, 9.17) is 0 Å². The van der Waals surface area contributed by atoms with Gasteiger partial charge in [0.2, 0.25) is 0 Å². The number of nitrogens with zero attached hydrogens (tertiary/aromatic N) is 1. The molecule has 100 valence electrons. The maximum Gasteiger partial charge on any atom is 0.0247 e. The Morgan fingerprint density at radius 3 is 2.35 bits per heavy atom. The van der Waals surface area contributed by atoms with Gasteiger partial charge >= 0.3 is 0 Å². The highest BCUT2D eigenvalue weighted by molar-refractivity contribution is 5.01. The van der Waals surface area contributed by atoms with Gasteiger partial charge in [-0.15, -0.1) is 0 Å². The zero-order valence-electron chi connectivity index (χ0n) is 12.2. The Hall–Kier alpha value is -0.0800. The molecule has 0 aromatic rings. The van der Waals surface area contributed by atoms with Crippen LogP contribution in [0.25, 0.3) is 0 Å². The van der Waals surface area contributed by atoms with Gasteiger partial charge in [-0.1, -0.05) is 41.0 Å². The molecule has 2 heteroatoms. The summed E-state index contributed by atoms with van der Waals surface area (Å²) < 4.78 is 0. The van der Waals surface area contributed by atoms with Crippen LogP contribution >= 0.6 is 0 Å². The molecule has 4 unspecified atom stereocenters. The van der Waals surface area contributed by atoms with Crippen molar-refractivity contribution in [2.75, 3.05) is 13.1 Å². The van der Waals surface area contributed by atoms with E-state index in [0.717, 1.165) is 29.8 Å². The Bertz CT molecular complexity index is 249. The lowest BCUT2D eigenvalue weighted by atomic mass is 9.94. The molecule has 1 aliphatic carbocycles. The van der Waals surface area contributed by atoms with Crippen molar-refractivity contribution in [3.8, 4) is 0 Å². The summed E-state index contributed by atoms with van der Waals surface area (Å²) in [7, 11) is 0. The van der Waals surface area contributed by atoms with E-state index in [1.807, 2.05) is 0 Å². The maximum absolute atomic E-state index is 3.75. The van der Waals surface area contributed by atoms with Crippen LogP contribution in [0.15, 0.2) is 0 Å². The van der Waals surface area contributed by atoms with E-state index in [0.29, 0.717) is 6.04 Å². The fourth-order valence-electron chi connectivity index (χ4n) is 3.34. The first kappa shape index (κ1) is 13.4. The lowest BCUT2D eigenvalue weighted by Gasteiger charge is -2.44. The molecule has 0 aromatic carbocycles. The van der Waals surface area contributed by atoms with Gasteiger partial charge in [0, 0.05) is 31.2 Å². The lowest BCUT2D eigenvalue weighted by molar-refractivity contribution is 0.0728. The first-order chi connectivity index (χ1) is 8.04. The SMILES string of the molecule is CCC1CC1N1CC(C(C)C)NCC1C(C)C. The van der Waals surface area contributed by atoms with Crippen LogP contribution in [0.2, 0.25) is 0 Å². The van der Waals surface area contributed by atoms with Crippen LogP contribution in [-0.4, -0.2) is 36.1 Å². The predicted molar refractivity (Wildman–Crippen MR) is 74.1 cm³/mol. The molecular weight excluding hydrogens is 208 g/mol. The topological polar surface area (TPSA) is 15.3 Å². The van der Waals surface area contributed by atoms with E-state index in [-0.39, 0.29) is 0 Å². The Kier molecular flexibility index (Phi) is 4.14. The summed E-state index contributed by atoms with van der Waals surface area (Å²) in [6, 6.07) is 2.35. The van der Waals surface area contributed by atoms with Crippen molar-refractivity contribution < 1.29 is 0 Å². The van der Waals surface area contributed by atoms with Crippen LogP contribution in [-0.2, 0) is 0 Å². The minimum absolute atomic E-state index is 0.697. The molecule has 1 saturated heterocycles. The van der Waals surface area contributed by atoms with E-state index in [9.17, 15) is 0 Å². The molecule has 2 aliphatic rings. The zero-order valence-corrected chi connectivity index (χ0v) is 12.2. The van der Waals surface area contributed by atoms with Crippen LogP contribution in [0, 0.1) is 17.8 Å². The second kappa shape index (κ2) is 5.27. The highest BCUT2D eigenvalue weighted by Gasteiger charge is 2.45. The monoisotopic (exact) mass is 238 g/mol. The summed E-state index contributed by atoms with van der Waals surface area (Å²) in [6.07, 6.45) is 2.82. The summed E-state index contributed by atoms with van der Waals surface area (Å²) in [4.78, 5) is 2.83. The van der Waals surface area contributed by atoms with Crippen molar-refractivity contribution in [1.82, 2.24) is 10.2 Å². The molecule has 0 bridgehead atoms. The quantitative estimate of drug-likeness (QED) is 0.810. The number of rotatable bonds is 4. The van der Waals surface area contributed by atoms with E-state index >= 15 is 0 Å². The third-order valence-corrected chi connectivity index (χ3v) is 4.83. The van der Waals surface area contributed by atoms with E-state index in [1.165, 1.54) is 25.9 Å². The number of hydrogen-bond donors (Lipinski definition) is 1. The molecule has 1 heterocycles. The molecule has 2 rings (SSSR count).